The van der Waals surface area contributed by atoms with Gasteiger partial charge in [-0.3, -0.25) is 14.4 Å². The van der Waals surface area contributed by atoms with Crippen LogP contribution < -0.4 is 5.01 Å². The molecule has 0 radical (unpaired) electrons. The van der Waals surface area contributed by atoms with Crippen molar-refractivity contribution >= 4 is 28.9 Å². The van der Waals surface area contributed by atoms with Crippen LogP contribution in [0.5, 0.6) is 0 Å². The largest absolute Gasteiger partial charge is 0.288 e. The number of hydrazone groups is 1. The molecule has 0 saturated carbocycles. The Morgan fingerprint density at radius 1 is 0.880 bits per heavy atom. The van der Waals surface area contributed by atoms with E-state index in [0.29, 0.717) is 22.5 Å². The molecule has 1 heterocycles. The van der Waals surface area contributed by atoms with Crippen molar-refractivity contribution in [2.24, 2.45) is 11.0 Å². The van der Waals surface area contributed by atoms with Crippen LogP contribution in [0.15, 0.2) is 71.3 Å². The van der Waals surface area contributed by atoms with E-state index in [1.54, 1.807) is 43.3 Å². The minimum Gasteiger partial charge on any atom is -0.288 e. The zero-order valence-corrected chi connectivity index (χ0v) is 13.5. The summed E-state index contributed by atoms with van der Waals surface area (Å²) in [7, 11) is 0. The summed E-state index contributed by atoms with van der Waals surface area (Å²) in [4.78, 5) is 37.7. The topological polar surface area (TPSA) is 66.8 Å². The van der Waals surface area contributed by atoms with Crippen molar-refractivity contribution in [3.05, 3.63) is 77.4 Å². The number of anilines is 1. The fourth-order valence-electron chi connectivity index (χ4n) is 3.12. The lowest BCUT2D eigenvalue weighted by molar-refractivity contribution is -0.118. The van der Waals surface area contributed by atoms with Crippen LogP contribution in [0, 0.1) is 5.92 Å². The number of fused-ring (bicyclic) bond motifs is 1. The van der Waals surface area contributed by atoms with Crippen LogP contribution in [0.25, 0.3) is 0 Å². The lowest BCUT2D eigenvalue weighted by Gasteiger charge is -2.12. The number of amides is 1. The fraction of sp³-hybridized carbons (Fsp3) is 0.100. The Morgan fingerprint density at radius 3 is 2.04 bits per heavy atom. The molecule has 4 rings (SSSR count). The quantitative estimate of drug-likeness (QED) is 0.628. The third-order valence-corrected chi connectivity index (χ3v) is 4.42. The molecule has 0 spiro atoms. The molecule has 1 atom stereocenters. The minimum atomic E-state index is -0.711. The van der Waals surface area contributed by atoms with Gasteiger partial charge >= 0.3 is 0 Å². The van der Waals surface area contributed by atoms with Gasteiger partial charge in [0.1, 0.15) is 0 Å². The van der Waals surface area contributed by atoms with Crippen molar-refractivity contribution in [2.45, 2.75) is 6.92 Å². The molecule has 0 saturated heterocycles. The molecule has 0 aromatic heterocycles. The number of carbonyl (C=O) groups is 3. The van der Waals surface area contributed by atoms with Crippen molar-refractivity contribution in [3.63, 3.8) is 0 Å². The van der Waals surface area contributed by atoms with E-state index in [2.05, 4.69) is 5.10 Å². The normalized spacial score (nSPS) is 19.3. The molecule has 25 heavy (non-hydrogen) atoms. The number of allylic oxidation sites excluding steroid dienone is 1. The predicted molar refractivity (Wildman–Crippen MR) is 93.7 cm³/mol. The van der Waals surface area contributed by atoms with Gasteiger partial charge in [0, 0.05) is 11.1 Å². The first-order valence-corrected chi connectivity index (χ1v) is 7.92. The molecule has 1 aliphatic heterocycles. The molecule has 2 aromatic carbocycles. The number of carbonyl (C=O) groups excluding carboxylic acids is 3. The Labute approximate surface area is 144 Å². The highest BCUT2D eigenvalue weighted by Gasteiger charge is 2.38. The SMILES string of the molecule is CC1=NN(c2ccccc2)C(=O)[C@H]1C=C1C(=O)c2ccccc2C1=O. The lowest BCUT2D eigenvalue weighted by Crippen LogP contribution is -2.26. The fourth-order valence-corrected chi connectivity index (χ4v) is 3.12. The second-order valence-corrected chi connectivity index (χ2v) is 5.99. The third-order valence-electron chi connectivity index (χ3n) is 4.42. The highest BCUT2D eigenvalue weighted by molar-refractivity contribution is 6.40. The Balaban J connectivity index is 1.69. The second-order valence-electron chi connectivity index (χ2n) is 5.99. The molecule has 0 unspecified atom stereocenters. The van der Waals surface area contributed by atoms with Gasteiger partial charge in [-0.15, -0.1) is 0 Å². The molecule has 122 valence electrons. The molecule has 2 aliphatic rings. The van der Waals surface area contributed by atoms with Crippen LogP contribution in [0.2, 0.25) is 0 Å². The molecule has 1 amide bonds. The first-order valence-electron chi connectivity index (χ1n) is 7.92. The first kappa shape index (κ1) is 15.2. The van der Waals surface area contributed by atoms with E-state index >= 15 is 0 Å². The maximum absolute atomic E-state index is 12.7. The highest BCUT2D eigenvalue weighted by Crippen LogP contribution is 2.30. The number of para-hydroxylation sites is 1. The third kappa shape index (κ3) is 2.32. The van der Waals surface area contributed by atoms with Gasteiger partial charge in [0.25, 0.3) is 5.91 Å². The number of rotatable bonds is 2. The van der Waals surface area contributed by atoms with E-state index < -0.39 is 5.92 Å². The Kier molecular flexibility index (Phi) is 3.42. The van der Waals surface area contributed by atoms with Crippen molar-refractivity contribution < 1.29 is 14.4 Å². The second kappa shape index (κ2) is 5.63. The average Bonchev–Trinajstić information content (AvgIpc) is 3.06. The molecular weight excluding hydrogens is 316 g/mol. The predicted octanol–water partition coefficient (Wildman–Crippen LogP) is 3.03. The Hall–Kier alpha value is -3.34. The Morgan fingerprint density at radius 2 is 1.44 bits per heavy atom. The number of Topliss-reactive ketones (excluding diaryl/α,β-unsaturated/α-hetero) is 2. The maximum atomic E-state index is 12.7. The number of ketones is 2. The molecule has 5 nitrogen and oxygen atoms in total. The summed E-state index contributed by atoms with van der Waals surface area (Å²) >= 11 is 0. The first-order chi connectivity index (χ1) is 12.1. The number of hydrogen-bond acceptors (Lipinski definition) is 4. The van der Waals surface area contributed by atoms with Crippen molar-refractivity contribution in [1.29, 1.82) is 0 Å². The van der Waals surface area contributed by atoms with E-state index in [1.807, 2.05) is 18.2 Å². The van der Waals surface area contributed by atoms with Gasteiger partial charge in [-0.25, -0.2) is 0 Å². The van der Waals surface area contributed by atoms with Crippen LogP contribution in [0.4, 0.5) is 5.69 Å². The summed E-state index contributed by atoms with van der Waals surface area (Å²) in [5.74, 6) is -1.65. The smallest absolute Gasteiger partial charge is 0.260 e. The summed E-state index contributed by atoms with van der Waals surface area (Å²) in [5, 5.41) is 5.61. The standard InChI is InChI=1S/C20H14N2O3/c1-12-16(20(25)22(21-12)13-7-3-2-4-8-13)11-17-18(23)14-9-5-6-10-15(14)19(17)24/h2-11,16H,1H3/t16-/m0/s1. The molecule has 2 aromatic rings. The highest BCUT2D eigenvalue weighted by atomic mass is 16.2. The summed E-state index contributed by atoms with van der Waals surface area (Å²) in [6, 6.07) is 15.8. The monoisotopic (exact) mass is 330 g/mol. The maximum Gasteiger partial charge on any atom is 0.260 e. The van der Waals surface area contributed by atoms with E-state index in [9.17, 15) is 14.4 Å². The number of hydrogen-bond donors (Lipinski definition) is 0. The van der Waals surface area contributed by atoms with Crippen LogP contribution >= 0.6 is 0 Å². The van der Waals surface area contributed by atoms with Gasteiger partial charge in [-0.2, -0.15) is 10.1 Å². The minimum absolute atomic E-state index is 0.0454. The van der Waals surface area contributed by atoms with Crippen molar-refractivity contribution in [2.75, 3.05) is 5.01 Å². The summed E-state index contributed by atoms with van der Waals surface area (Å²) in [6.45, 7) is 1.72. The summed E-state index contributed by atoms with van der Waals surface area (Å²) < 4.78 is 0. The molecular formula is C20H14N2O3. The number of nitrogens with zero attached hydrogens (tertiary/aromatic N) is 2. The van der Waals surface area contributed by atoms with Gasteiger partial charge in [0.05, 0.1) is 22.9 Å². The van der Waals surface area contributed by atoms with Crippen LogP contribution in [-0.4, -0.2) is 23.2 Å². The van der Waals surface area contributed by atoms with E-state index in [4.69, 9.17) is 0 Å². The van der Waals surface area contributed by atoms with Gasteiger partial charge in [-0.05, 0) is 19.1 Å². The zero-order valence-electron chi connectivity index (χ0n) is 13.5. The van der Waals surface area contributed by atoms with Gasteiger partial charge in [-0.1, -0.05) is 48.5 Å². The zero-order chi connectivity index (χ0) is 17.6. The average molecular weight is 330 g/mol. The molecule has 5 heteroatoms. The van der Waals surface area contributed by atoms with Crippen molar-refractivity contribution in [1.82, 2.24) is 0 Å². The summed E-state index contributed by atoms with van der Waals surface area (Å²) in [6.07, 6.45) is 1.45. The van der Waals surface area contributed by atoms with Gasteiger partial charge in [0.2, 0.25) is 0 Å². The van der Waals surface area contributed by atoms with Crippen molar-refractivity contribution in [3.8, 4) is 0 Å². The Bertz CT molecular complexity index is 936. The van der Waals surface area contributed by atoms with Gasteiger partial charge < -0.3 is 0 Å². The summed E-state index contributed by atoms with van der Waals surface area (Å²) in [5.41, 5.74) is 2.03. The van der Waals surface area contributed by atoms with Crippen LogP contribution in [0.1, 0.15) is 27.6 Å². The lowest BCUT2D eigenvalue weighted by atomic mass is 9.98. The molecule has 0 N–H and O–H groups in total. The van der Waals surface area contributed by atoms with Gasteiger partial charge in [0.15, 0.2) is 11.6 Å². The molecule has 0 bridgehead atoms. The van der Waals surface area contributed by atoms with Crippen LogP contribution in [0.3, 0.4) is 0 Å². The van der Waals surface area contributed by atoms with E-state index in [-0.39, 0.29) is 23.0 Å². The van der Waals surface area contributed by atoms with E-state index in [0.717, 1.165) is 0 Å². The molecule has 1 aliphatic carbocycles. The number of benzene rings is 2. The van der Waals surface area contributed by atoms with E-state index in [1.165, 1.54) is 11.1 Å². The molecule has 0 fully saturated rings. The van der Waals surface area contributed by atoms with Crippen LogP contribution in [-0.2, 0) is 4.79 Å².